The molecule has 2 N–H and O–H groups in total. The van der Waals surface area contributed by atoms with E-state index < -0.39 is 17.9 Å². The number of nitrogens with one attached hydrogen (secondary N) is 1. The van der Waals surface area contributed by atoms with Crippen molar-refractivity contribution in [3.05, 3.63) is 70.8 Å². The van der Waals surface area contributed by atoms with Crippen LogP contribution in [-0.2, 0) is 11.2 Å². The number of carbonyl (C=O) groups is 1. The molecule has 1 heterocycles. The SMILES string of the molecule is CC(NC(=O)/C=C/c1cc(F)cc(F)c1)c1ccc2c(c1)CCCN2C(C)O. The van der Waals surface area contributed by atoms with Crippen LogP contribution in [0.2, 0.25) is 0 Å². The highest BCUT2D eigenvalue weighted by atomic mass is 19.1. The minimum atomic E-state index is -0.686. The van der Waals surface area contributed by atoms with Crippen molar-refractivity contribution in [3.63, 3.8) is 0 Å². The summed E-state index contributed by atoms with van der Waals surface area (Å²) in [6.45, 7) is 4.45. The predicted octanol–water partition coefficient (Wildman–Crippen LogP) is 3.95. The second-order valence-corrected chi connectivity index (χ2v) is 7.08. The molecule has 1 aliphatic heterocycles. The molecule has 148 valence electrons. The third-order valence-electron chi connectivity index (χ3n) is 4.88. The van der Waals surface area contributed by atoms with Crippen LogP contribution in [0.3, 0.4) is 0 Å². The van der Waals surface area contributed by atoms with Gasteiger partial charge in [-0.3, -0.25) is 4.79 Å². The lowest BCUT2D eigenvalue weighted by atomic mass is 9.96. The van der Waals surface area contributed by atoms with Crippen LogP contribution >= 0.6 is 0 Å². The number of hydrogen-bond acceptors (Lipinski definition) is 3. The number of amides is 1. The number of aryl methyl sites for hydroxylation is 1. The van der Waals surface area contributed by atoms with E-state index in [-0.39, 0.29) is 17.5 Å². The van der Waals surface area contributed by atoms with Crippen molar-refractivity contribution >= 4 is 17.7 Å². The molecule has 2 aromatic rings. The van der Waals surface area contributed by atoms with Crippen molar-refractivity contribution in [2.75, 3.05) is 11.4 Å². The Bertz CT molecular complexity index is 876. The van der Waals surface area contributed by atoms with Crippen molar-refractivity contribution in [1.82, 2.24) is 5.32 Å². The molecule has 1 aliphatic rings. The van der Waals surface area contributed by atoms with Gasteiger partial charge in [0.25, 0.3) is 0 Å². The second kappa shape index (κ2) is 8.52. The summed E-state index contributed by atoms with van der Waals surface area (Å²) >= 11 is 0. The van der Waals surface area contributed by atoms with Crippen LogP contribution in [0.1, 0.15) is 43.0 Å². The van der Waals surface area contributed by atoms with E-state index in [9.17, 15) is 18.7 Å². The molecule has 2 aromatic carbocycles. The Hall–Kier alpha value is -2.73. The molecule has 0 aromatic heterocycles. The molecule has 28 heavy (non-hydrogen) atoms. The zero-order valence-electron chi connectivity index (χ0n) is 16.0. The molecule has 4 nitrogen and oxygen atoms in total. The van der Waals surface area contributed by atoms with Gasteiger partial charge in [0.05, 0.1) is 6.04 Å². The van der Waals surface area contributed by atoms with Gasteiger partial charge in [-0.05, 0) is 67.7 Å². The molecule has 0 fully saturated rings. The van der Waals surface area contributed by atoms with Gasteiger partial charge in [-0.15, -0.1) is 0 Å². The van der Waals surface area contributed by atoms with Crippen LogP contribution in [0.5, 0.6) is 0 Å². The van der Waals surface area contributed by atoms with Crippen LogP contribution < -0.4 is 10.2 Å². The molecule has 0 bridgehead atoms. The fourth-order valence-corrected chi connectivity index (χ4v) is 3.49. The van der Waals surface area contributed by atoms with Crippen molar-refractivity contribution in [2.45, 2.75) is 39.0 Å². The maximum absolute atomic E-state index is 13.2. The van der Waals surface area contributed by atoms with E-state index in [0.717, 1.165) is 54.4 Å². The first-order valence-electron chi connectivity index (χ1n) is 9.35. The molecular formula is C22H24F2N2O2. The van der Waals surface area contributed by atoms with E-state index >= 15 is 0 Å². The summed E-state index contributed by atoms with van der Waals surface area (Å²) in [5, 5.41) is 12.8. The Morgan fingerprint density at radius 1 is 1.18 bits per heavy atom. The number of fused-ring (bicyclic) bond motifs is 1. The van der Waals surface area contributed by atoms with Gasteiger partial charge in [0.1, 0.15) is 17.9 Å². The molecule has 0 aliphatic carbocycles. The van der Waals surface area contributed by atoms with Gasteiger partial charge in [-0.2, -0.15) is 0 Å². The third kappa shape index (κ3) is 4.75. The summed E-state index contributed by atoms with van der Waals surface area (Å²) in [6.07, 6.45) is 3.99. The van der Waals surface area contributed by atoms with E-state index in [0.29, 0.717) is 0 Å². The van der Waals surface area contributed by atoms with E-state index in [4.69, 9.17) is 0 Å². The summed E-state index contributed by atoms with van der Waals surface area (Å²) in [5.74, 6) is -1.72. The van der Waals surface area contributed by atoms with Crippen LogP contribution in [-0.4, -0.2) is 23.8 Å². The molecule has 0 saturated carbocycles. The van der Waals surface area contributed by atoms with Crippen LogP contribution in [0.25, 0.3) is 6.08 Å². The van der Waals surface area contributed by atoms with E-state index in [2.05, 4.69) is 11.4 Å². The Balaban J connectivity index is 1.68. The monoisotopic (exact) mass is 386 g/mol. The first-order valence-corrected chi connectivity index (χ1v) is 9.35. The summed E-state index contributed by atoms with van der Waals surface area (Å²) in [6, 6.07) is 8.85. The molecular weight excluding hydrogens is 362 g/mol. The summed E-state index contributed by atoms with van der Waals surface area (Å²) in [7, 11) is 0. The zero-order chi connectivity index (χ0) is 20.3. The van der Waals surface area contributed by atoms with Gasteiger partial charge in [0.2, 0.25) is 5.91 Å². The van der Waals surface area contributed by atoms with Crippen molar-refractivity contribution < 1.29 is 18.7 Å². The van der Waals surface area contributed by atoms with Crippen molar-refractivity contribution in [1.29, 1.82) is 0 Å². The number of aliphatic hydroxyl groups is 1. The molecule has 3 rings (SSSR count). The Labute approximate surface area is 163 Å². The maximum Gasteiger partial charge on any atom is 0.244 e. The number of anilines is 1. The topological polar surface area (TPSA) is 52.6 Å². The Morgan fingerprint density at radius 2 is 1.89 bits per heavy atom. The first kappa shape index (κ1) is 20.0. The summed E-state index contributed by atoms with van der Waals surface area (Å²) in [4.78, 5) is 14.1. The van der Waals surface area contributed by atoms with Gasteiger partial charge in [-0.1, -0.05) is 12.1 Å². The number of rotatable bonds is 5. The van der Waals surface area contributed by atoms with Crippen LogP contribution in [0.15, 0.2) is 42.5 Å². The standard InChI is InChI=1S/C22H24F2N2O2/c1-14(25-22(28)8-5-16-10-19(23)13-20(24)11-16)17-6-7-21-18(12-17)4-3-9-26(21)15(2)27/h5-8,10-15,27H,3-4,9H2,1-2H3,(H,25,28)/b8-5+. The third-order valence-corrected chi connectivity index (χ3v) is 4.88. The second-order valence-electron chi connectivity index (χ2n) is 7.08. The van der Waals surface area contributed by atoms with Crippen molar-refractivity contribution in [3.8, 4) is 0 Å². The zero-order valence-corrected chi connectivity index (χ0v) is 16.0. The number of carbonyl (C=O) groups excluding carboxylic acids is 1. The lowest BCUT2D eigenvalue weighted by Gasteiger charge is -2.34. The number of halogens is 2. The van der Waals surface area contributed by atoms with Gasteiger partial charge in [0, 0.05) is 24.4 Å². The fourth-order valence-electron chi connectivity index (χ4n) is 3.49. The number of aliphatic hydroxyl groups excluding tert-OH is 1. The molecule has 0 saturated heterocycles. The highest BCUT2D eigenvalue weighted by Crippen LogP contribution is 2.30. The molecule has 0 radical (unpaired) electrons. The molecule has 0 spiro atoms. The van der Waals surface area contributed by atoms with Gasteiger partial charge in [-0.25, -0.2) is 8.78 Å². The molecule has 1 amide bonds. The average molecular weight is 386 g/mol. The van der Waals surface area contributed by atoms with Crippen LogP contribution in [0.4, 0.5) is 14.5 Å². The minimum Gasteiger partial charge on any atom is -0.374 e. The number of benzene rings is 2. The summed E-state index contributed by atoms with van der Waals surface area (Å²) in [5.41, 5.74) is 3.42. The first-order chi connectivity index (χ1) is 13.3. The van der Waals surface area contributed by atoms with E-state index in [1.807, 2.05) is 24.0 Å². The lowest BCUT2D eigenvalue weighted by molar-refractivity contribution is -0.117. The predicted molar refractivity (Wildman–Crippen MR) is 106 cm³/mol. The van der Waals surface area contributed by atoms with E-state index in [1.165, 1.54) is 12.2 Å². The van der Waals surface area contributed by atoms with Crippen molar-refractivity contribution in [2.24, 2.45) is 0 Å². The normalized spacial score (nSPS) is 16.0. The average Bonchev–Trinajstić information content (AvgIpc) is 2.64. The molecule has 2 unspecified atom stereocenters. The van der Waals surface area contributed by atoms with Crippen LogP contribution in [0, 0.1) is 11.6 Å². The minimum absolute atomic E-state index is 0.228. The number of hydrogen-bond donors (Lipinski definition) is 2. The largest absolute Gasteiger partial charge is 0.374 e. The molecule has 2 atom stereocenters. The van der Waals surface area contributed by atoms with E-state index in [1.54, 1.807) is 6.92 Å². The maximum atomic E-state index is 13.2. The lowest BCUT2D eigenvalue weighted by Crippen LogP contribution is -2.37. The number of nitrogens with zero attached hydrogens (tertiary/aromatic N) is 1. The van der Waals surface area contributed by atoms with Gasteiger partial charge < -0.3 is 15.3 Å². The quantitative estimate of drug-likeness (QED) is 0.765. The Morgan fingerprint density at radius 3 is 2.57 bits per heavy atom. The van der Waals surface area contributed by atoms with Gasteiger partial charge in [0.15, 0.2) is 0 Å². The smallest absolute Gasteiger partial charge is 0.244 e. The van der Waals surface area contributed by atoms with Gasteiger partial charge >= 0.3 is 0 Å². The molecule has 6 heteroatoms. The Kier molecular flexibility index (Phi) is 6.09. The fraction of sp³-hybridized carbons (Fsp3) is 0.318. The summed E-state index contributed by atoms with van der Waals surface area (Å²) < 4.78 is 26.4. The highest BCUT2D eigenvalue weighted by molar-refractivity contribution is 5.92. The highest BCUT2D eigenvalue weighted by Gasteiger charge is 2.21.